The van der Waals surface area contributed by atoms with E-state index in [1.54, 1.807) is 0 Å². The van der Waals surface area contributed by atoms with Crippen LogP contribution < -0.4 is 10.6 Å². The molecule has 0 radical (unpaired) electrons. The van der Waals surface area contributed by atoms with Gasteiger partial charge in [-0.25, -0.2) is 9.37 Å². The summed E-state index contributed by atoms with van der Waals surface area (Å²) in [6, 6.07) is 0.300. The molecule has 1 aromatic rings. The molecule has 0 aliphatic carbocycles. The molecule has 2 heterocycles. The Balaban J connectivity index is 2.22. The van der Waals surface area contributed by atoms with Crippen LogP contribution in [0.2, 0.25) is 0 Å². The Morgan fingerprint density at radius 3 is 3.06 bits per heavy atom. The van der Waals surface area contributed by atoms with Gasteiger partial charge in [0.15, 0.2) is 11.6 Å². The number of nitrogens with zero attached hydrogens (tertiary/aromatic N) is 4. The number of anilines is 2. The Hall–Kier alpha value is -1.43. The van der Waals surface area contributed by atoms with Crippen LogP contribution in [-0.4, -0.2) is 48.1 Å². The van der Waals surface area contributed by atoms with Crippen molar-refractivity contribution in [3.8, 4) is 0 Å². The van der Waals surface area contributed by atoms with Crippen molar-refractivity contribution < 1.29 is 4.39 Å². The number of aromatic nitrogens is 2. The van der Waals surface area contributed by atoms with Crippen LogP contribution in [0.3, 0.4) is 0 Å². The number of likely N-dealkylation sites (N-methyl/N-ethyl adjacent to an activating group) is 1. The second-order valence-corrected chi connectivity index (χ2v) is 4.65. The first-order chi connectivity index (χ1) is 8.08. The summed E-state index contributed by atoms with van der Waals surface area (Å²) in [5.74, 6) is 0.0589. The lowest BCUT2D eigenvalue weighted by atomic mass is 10.2. The summed E-state index contributed by atoms with van der Waals surface area (Å²) in [6.07, 6.45) is 3.26. The molecule has 0 aromatic carbocycles. The maximum Gasteiger partial charge on any atom is 0.222 e. The van der Waals surface area contributed by atoms with Crippen LogP contribution in [0.1, 0.15) is 12.8 Å². The highest BCUT2D eigenvalue weighted by Gasteiger charge is 2.28. The van der Waals surface area contributed by atoms with E-state index < -0.39 is 5.82 Å². The van der Waals surface area contributed by atoms with Crippen LogP contribution in [-0.2, 0) is 0 Å². The van der Waals surface area contributed by atoms with Crippen molar-refractivity contribution in [1.29, 1.82) is 0 Å². The molecule has 1 saturated heterocycles. The number of nitrogens with two attached hydrogens (primary N) is 1. The maximum atomic E-state index is 13.7. The Kier molecular flexibility index (Phi) is 3.42. The van der Waals surface area contributed by atoms with Gasteiger partial charge in [-0.2, -0.15) is 4.98 Å². The number of hydrogen-bond acceptors (Lipinski definition) is 5. The summed E-state index contributed by atoms with van der Waals surface area (Å²) in [6.45, 7) is 1.72. The third-order valence-electron chi connectivity index (χ3n) is 2.97. The Morgan fingerprint density at radius 1 is 1.59 bits per heavy atom. The van der Waals surface area contributed by atoms with Crippen molar-refractivity contribution in [3.05, 3.63) is 12.0 Å². The zero-order valence-corrected chi connectivity index (χ0v) is 10.2. The number of rotatable bonds is 3. The Bertz CT molecular complexity index is 395. The number of nitrogen functional groups attached to an aromatic ring is 1. The molecule has 1 atom stereocenters. The van der Waals surface area contributed by atoms with Gasteiger partial charge in [-0.1, -0.05) is 0 Å². The standard InChI is InChI=1S/C11H18FN5/c1-16(2)7-8-4-3-5-17(8)10-9(12)6-14-11(13)15-10/h6,8H,3-5,7H2,1-2H3,(H2,13,14,15). The Morgan fingerprint density at radius 2 is 2.35 bits per heavy atom. The van der Waals surface area contributed by atoms with Crippen LogP contribution in [0.25, 0.3) is 0 Å². The molecule has 0 bridgehead atoms. The predicted octanol–water partition coefficient (Wildman–Crippen LogP) is 0.728. The van der Waals surface area contributed by atoms with E-state index >= 15 is 0 Å². The van der Waals surface area contributed by atoms with Gasteiger partial charge in [0.1, 0.15) is 0 Å². The molecule has 0 amide bonds. The first kappa shape index (κ1) is 12.0. The molecule has 1 aliphatic heterocycles. The lowest BCUT2D eigenvalue weighted by molar-refractivity contribution is 0.370. The van der Waals surface area contributed by atoms with Gasteiger partial charge in [0.05, 0.1) is 6.20 Å². The highest BCUT2D eigenvalue weighted by molar-refractivity contribution is 5.44. The van der Waals surface area contributed by atoms with E-state index in [1.165, 1.54) is 0 Å². The average Bonchev–Trinajstić information content (AvgIpc) is 2.69. The van der Waals surface area contributed by atoms with Crippen molar-refractivity contribution >= 4 is 11.8 Å². The van der Waals surface area contributed by atoms with E-state index in [4.69, 9.17) is 5.73 Å². The highest BCUT2D eigenvalue weighted by Crippen LogP contribution is 2.26. The fourth-order valence-electron chi connectivity index (χ4n) is 2.30. The zero-order valence-electron chi connectivity index (χ0n) is 10.2. The third kappa shape index (κ3) is 2.63. The minimum atomic E-state index is -0.398. The van der Waals surface area contributed by atoms with Gasteiger partial charge in [0.2, 0.25) is 5.95 Å². The van der Waals surface area contributed by atoms with E-state index in [1.807, 2.05) is 19.0 Å². The van der Waals surface area contributed by atoms with E-state index in [-0.39, 0.29) is 5.95 Å². The van der Waals surface area contributed by atoms with E-state index in [9.17, 15) is 4.39 Å². The molecule has 1 aliphatic rings. The summed E-state index contributed by atoms with van der Waals surface area (Å²) in [7, 11) is 4.03. The molecule has 1 unspecified atom stereocenters. The third-order valence-corrected chi connectivity index (χ3v) is 2.97. The molecular weight excluding hydrogens is 221 g/mol. The quantitative estimate of drug-likeness (QED) is 0.842. The maximum absolute atomic E-state index is 13.7. The minimum Gasteiger partial charge on any atom is -0.368 e. The lowest BCUT2D eigenvalue weighted by Gasteiger charge is -2.28. The van der Waals surface area contributed by atoms with Crippen LogP contribution in [0.5, 0.6) is 0 Å². The van der Waals surface area contributed by atoms with E-state index in [0.717, 1.165) is 32.1 Å². The number of halogens is 1. The van der Waals surface area contributed by atoms with Gasteiger partial charge in [-0.3, -0.25) is 0 Å². The molecular formula is C11H18FN5. The second kappa shape index (κ2) is 4.83. The van der Waals surface area contributed by atoms with Crippen LogP contribution in [0, 0.1) is 5.82 Å². The van der Waals surface area contributed by atoms with Crippen molar-refractivity contribution in [2.75, 3.05) is 37.8 Å². The highest BCUT2D eigenvalue weighted by atomic mass is 19.1. The molecule has 1 fully saturated rings. The van der Waals surface area contributed by atoms with Crippen molar-refractivity contribution in [3.63, 3.8) is 0 Å². The van der Waals surface area contributed by atoms with Crippen LogP contribution >= 0.6 is 0 Å². The van der Waals surface area contributed by atoms with Gasteiger partial charge in [-0.15, -0.1) is 0 Å². The smallest absolute Gasteiger partial charge is 0.222 e. The summed E-state index contributed by atoms with van der Waals surface area (Å²) in [4.78, 5) is 11.8. The summed E-state index contributed by atoms with van der Waals surface area (Å²) >= 11 is 0. The topological polar surface area (TPSA) is 58.3 Å². The van der Waals surface area contributed by atoms with Crippen molar-refractivity contribution in [2.24, 2.45) is 0 Å². The number of hydrogen-bond donors (Lipinski definition) is 1. The first-order valence-electron chi connectivity index (χ1n) is 5.77. The molecule has 0 spiro atoms. The van der Waals surface area contributed by atoms with Crippen molar-refractivity contribution in [1.82, 2.24) is 14.9 Å². The molecule has 2 rings (SSSR count). The molecule has 2 N–H and O–H groups in total. The predicted molar refractivity (Wildman–Crippen MR) is 65.3 cm³/mol. The van der Waals surface area contributed by atoms with Crippen LogP contribution in [0.4, 0.5) is 16.2 Å². The Labute approximate surface area is 100 Å². The normalized spacial score (nSPS) is 20.2. The van der Waals surface area contributed by atoms with E-state index in [0.29, 0.717) is 11.9 Å². The van der Waals surface area contributed by atoms with Crippen LogP contribution in [0.15, 0.2) is 6.20 Å². The summed E-state index contributed by atoms with van der Waals surface area (Å²) in [5, 5.41) is 0. The largest absolute Gasteiger partial charge is 0.368 e. The summed E-state index contributed by atoms with van der Waals surface area (Å²) in [5.41, 5.74) is 5.52. The first-order valence-corrected chi connectivity index (χ1v) is 5.77. The zero-order chi connectivity index (χ0) is 12.4. The molecule has 0 saturated carbocycles. The van der Waals surface area contributed by atoms with Gasteiger partial charge >= 0.3 is 0 Å². The average molecular weight is 239 g/mol. The second-order valence-electron chi connectivity index (χ2n) is 4.65. The van der Waals surface area contributed by atoms with E-state index in [2.05, 4.69) is 14.9 Å². The molecule has 94 valence electrons. The molecule has 5 nitrogen and oxygen atoms in total. The van der Waals surface area contributed by atoms with Gasteiger partial charge < -0.3 is 15.5 Å². The minimum absolute atomic E-state index is 0.122. The monoisotopic (exact) mass is 239 g/mol. The van der Waals surface area contributed by atoms with Gasteiger partial charge in [-0.05, 0) is 26.9 Å². The van der Waals surface area contributed by atoms with Gasteiger partial charge in [0.25, 0.3) is 0 Å². The SMILES string of the molecule is CN(C)CC1CCCN1c1nc(N)ncc1F. The fraction of sp³-hybridized carbons (Fsp3) is 0.636. The molecule has 17 heavy (non-hydrogen) atoms. The fourth-order valence-corrected chi connectivity index (χ4v) is 2.30. The molecule has 6 heteroatoms. The van der Waals surface area contributed by atoms with Crippen molar-refractivity contribution in [2.45, 2.75) is 18.9 Å². The lowest BCUT2D eigenvalue weighted by Crippen LogP contribution is -2.38. The molecule has 1 aromatic heterocycles. The summed E-state index contributed by atoms with van der Waals surface area (Å²) < 4.78 is 13.7. The van der Waals surface area contributed by atoms with Gasteiger partial charge in [0, 0.05) is 19.1 Å².